The Bertz CT molecular complexity index is 1400. The molecule has 1 aromatic heterocycles. The number of carbonyl (C=O) groups excluding carboxylic acids is 3. The lowest BCUT2D eigenvalue weighted by molar-refractivity contribution is -0.132. The van der Waals surface area contributed by atoms with E-state index in [1.54, 1.807) is 17.5 Å². The predicted octanol–water partition coefficient (Wildman–Crippen LogP) is 3.56. The van der Waals surface area contributed by atoms with Crippen LogP contribution in [-0.2, 0) is 22.6 Å². The molecular formula is C30H35N5O5S. The van der Waals surface area contributed by atoms with Crippen molar-refractivity contribution < 1.29 is 23.9 Å². The van der Waals surface area contributed by atoms with Gasteiger partial charge in [-0.2, -0.15) is 0 Å². The average Bonchev–Trinajstić information content (AvgIpc) is 3.61. The molecule has 216 valence electrons. The average molecular weight is 578 g/mol. The van der Waals surface area contributed by atoms with Crippen LogP contribution in [0.1, 0.15) is 41.0 Å². The van der Waals surface area contributed by atoms with Crippen LogP contribution in [0.5, 0.6) is 11.5 Å². The van der Waals surface area contributed by atoms with E-state index in [-0.39, 0.29) is 43.5 Å². The number of aromatic nitrogens is 1. The summed E-state index contributed by atoms with van der Waals surface area (Å²) in [7, 11) is 0. The molecule has 2 aromatic carbocycles. The number of hydrogen-bond donors (Lipinski definition) is 1. The zero-order chi connectivity index (χ0) is 28.9. The fraction of sp³-hybridized carbons (Fsp3) is 0.400. The van der Waals surface area contributed by atoms with Crippen molar-refractivity contribution in [3.63, 3.8) is 0 Å². The Kier molecular flexibility index (Phi) is 8.84. The molecular weight excluding hydrogens is 542 g/mol. The number of hydrogen-bond acceptors (Lipinski definition) is 8. The van der Waals surface area contributed by atoms with E-state index in [4.69, 9.17) is 9.47 Å². The van der Waals surface area contributed by atoms with Crippen LogP contribution in [0.2, 0.25) is 0 Å². The van der Waals surface area contributed by atoms with Crippen molar-refractivity contribution in [2.24, 2.45) is 0 Å². The van der Waals surface area contributed by atoms with Crippen LogP contribution in [0.15, 0.2) is 47.8 Å². The molecule has 3 heterocycles. The molecule has 11 heteroatoms. The third kappa shape index (κ3) is 7.22. The van der Waals surface area contributed by atoms with Gasteiger partial charge < -0.3 is 24.6 Å². The van der Waals surface area contributed by atoms with Gasteiger partial charge in [0.25, 0.3) is 5.91 Å². The normalized spacial score (nSPS) is 14.8. The van der Waals surface area contributed by atoms with E-state index in [0.717, 1.165) is 42.3 Å². The van der Waals surface area contributed by atoms with E-state index in [0.29, 0.717) is 29.5 Å². The molecule has 10 nitrogen and oxygen atoms in total. The van der Waals surface area contributed by atoms with Gasteiger partial charge in [0, 0.05) is 49.7 Å². The number of piperazine rings is 1. The second kappa shape index (κ2) is 12.7. The zero-order valence-corrected chi connectivity index (χ0v) is 24.4. The van der Waals surface area contributed by atoms with Crippen molar-refractivity contribution in [2.45, 2.75) is 39.8 Å². The molecule has 0 unspecified atom stereocenters. The van der Waals surface area contributed by atoms with E-state index in [1.807, 2.05) is 56.0 Å². The zero-order valence-electron chi connectivity index (χ0n) is 23.6. The molecule has 2 aliphatic rings. The molecule has 0 bridgehead atoms. The number of thiazole rings is 1. The smallest absolute Gasteiger partial charge is 0.254 e. The molecule has 3 amide bonds. The molecule has 3 aromatic rings. The quantitative estimate of drug-likeness (QED) is 0.415. The Balaban J connectivity index is 1.08. The van der Waals surface area contributed by atoms with Crippen LogP contribution in [0.4, 0.5) is 5.13 Å². The number of nitrogens with one attached hydrogen (secondary N) is 1. The Morgan fingerprint density at radius 3 is 2.49 bits per heavy atom. The molecule has 0 radical (unpaired) electrons. The van der Waals surface area contributed by atoms with Crippen LogP contribution < -0.4 is 14.8 Å². The van der Waals surface area contributed by atoms with E-state index >= 15 is 0 Å². The maximum Gasteiger partial charge on any atom is 0.254 e. The highest BCUT2D eigenvalue weighted by molar-refractivity contribution is 7.13. The van der Waals surface area contributed by atoms with Gasteiger partial charge in [0.05, 0.1) is 12.1 Å². The standard InChI is InChI=1S/C30H35N5O5S/c1-20(2)35(29(38)23-7-4-21(3)5-8-23)17-27(36)32-30-31-24(18-41-30)15-28(37)34-12-10-33(11-13-34)16-22-6-9-25-26(14-22)40-19-39-25/h4-9,14,18,20H,10-13,15-17,19H2,1-3H3,(H,31,32,36). The lowest BCUT2D eigenvalue weighted by Gasteiger charge is -2.34. The Labute approximate surface area is 243 Å². The Morgan fingerprint density at radius 1 is 1.02 bits per heavy atom. The van der Waals surface area contributed by atoms with Gasteiger partial charge in [0.1, 0.15) is 6.54 Å². The van der Waals surface area contributed by atoms with E-state index in [2.05, 4.69) is 15.2 Å². The van der Waals surface area contributed by atoms with Crippen LogP contribution in [0.25, 0.3) is 0 Å². The topological polar surface area (TPSA) is 104 Å². The van der Waals surface area contributed by atoms with E-state index < -0.39 is 0 Å². The summed E-state index contributed by atoms with van der Waals surface area (Å²) >= 11 is 1.27. The highest BCUT2D eigenvalue weighted by Gasteiger charge is 2.24. The SMILES string of the molecule is Cc1ccc(C(=O)N(CC(=O)Nc2nc(CC(=O)N3CCN(Cc4ccc5c(c4)OCO5)CC3)cs2)C(C)C)cc1. The van der Waals surface area contributed by atoms with E-state index in [9.17, 15) is 14.4 Å². The number of rotatable bonds is 9. The molecule has 1 saturated heterocycles. The van der Waals surface area contributed by atoms with Gasteiger partial charge in [0.2, 0.25) is 18.6 Å². The summed E-state index contributed by atoms with van der Waals surface area (Å²) in [4.78, 5) is 48.9. The van der Waals surface area contributed by atoms with Crippen molar-refractivity contribution >= 4 is 34.2 Å². The fourth-order valence-corrected chi connectivity index (χ4v) is 5.56. The molecule has 1 N–H and O–H groups in total. The summed E-state index contributed by atoms with van der Waals surface area (Å²) in [6, 6.07) is 13.1. The summed E-state index contributed by atoms with van der Waals surface area (Å²) in [6.07, 6.45) is 0.179. The number of amides is 3. The second-order valence-corrected chi connectivity index (χ2v) is 11.5. The minimum Gasteiger partial charge on any atom is -0.454 e. The second-order valence-electron chi connectivity index (χ2n) is 10.6. The monoisotopic (exact) mass is 577 g/mol. The molecule has 2 aliphatic heterocycles. The van der Waals surface area contributed by atoms with Crippen LogP contribution in [0.3, 0.4) is 0 Å². The molecule has 41 heavy (non-hydrogen) atoms. The third-order valence-corrected chi connectivity index (χ3v) is 8.00. The van der Waals surface area contributed by atoms with Crippen molar-refractivity contribution in [1.82, 2.24) is 19.7 Å². The Morgan fingerprint density at radius 2 is 1.76 bits per heavy atom. The number of aryl methyl sites for hydroxylation is 1. The number of nitrogens with zero attached hydrogens (tertiary/aromatic N) is 4. The van der Waals surface area contributed by atoms with Gasteiger partial charge in [-0.1, -0.05) is 23.8 Å². The number of anilines is 1. The van der Waals surface area contributed by atoms with Crippen molar-refractivity contribution in [2.75, 3.05) is 44.8 Å². The maximum absolute atomic E-state index is 13.0. The highest BCUT2D eigenvalue weighted by atomic mass is 32.1. The maximum atomic E-state index is 13.0. The largest absolute Gasteiger partial charge is 0.454 e. The first kappa shape index (κ1) is 28.6. The molecule has 0 saturated carbocycles. The fourth-order valence-electron chi connectivity index (χ4n) is 4.83. The molecule has 0 spiro atoms. The number of ether oxygens (including phenoxy) is 2. The minimum atomic E-state index is -0.329. The number of fused-ring (bicyclic) bond motifs is 1. The van der Waals surface area contributed by atoms with Gasteiger partial charge in [-0.05, 0) is 50.6 Å². The molecule has 0 atom stereocenters. The highest BCUT2D eigenvalue weighted by Crippen LogP contribution is 2.33. The third-order valence-electron chi connectivity index (χ3n) is 7.20. The van der Waals surface area contributed by atoms with Gasteiger partial charge in [-0.25, -0.2) is 4.98 Å². The van der Waals surface area contributed by atoms with Gasteiger partial charge >= 0.3 is 0 Å². The summed E-state index contributed by atoms with van der Waals surface area (Å²) in [5.74, 6) is 1.05. The summed E-state index contributed by atoms with van der Waals surface area (Å²) in [5.41, 5.74) is 3.38. The molecule has 1 fully saturated rings. The predicted molar refractivity (Wildman–Crippen MR) is 156 cm³/mol. The summed E-state index contributed by atoms with van der Waals surface area (Å²) < 4.78 is 10.9. The minimum absolute atomic E-state index is 0.0191. The first-order chi connectivity index (χ1) is 19.7. The Hall–Kier alpha value is -3.96. The first-order valence-electron chi connectivity index (χ1n) is 13.8. The van der Waals surface area contributed by atoms with Gasteiger partial charge in [-0.3, -0.25) is 19.3 Å². The molecule has 5 rings (SSSR count). The van der Waals surface area contributed by atoms with E-state index in [1.165, 1.54) is 16.2 Å². The lowest BCUT2D eigenvalue weighted by Crippen LogP contribution is -2.48. The van der Waals surface area contributed by atoms with Crippen LogP contribution >= 0.6 is 11.3 Å². The first-order valence-corrected chi connectivity index (χ1v) is 14.6. The lowest BCUT2D eigenvalue weighted by atomic mass is 10.1. The van der Waals surface area contributed by atoms with Crippen LogP contribution in [0, 0.1) is 6.92 Å². The van der Waals surface area contributed by atoms with Crippen molar-refractivity contribution in [1.29, 1.82) is 0 Å². The molecule has 0 aliphatic carbocycles. The van der Waals surface area contributed by atoms with Crippen molar-refractivity contribution in [3.05, 3.63) is 70.2 Å². The van der Waals surface area contributed by atoms with Gasteiger partial charge in [0.15, 0.2) is 16.6 Å². The summed E-state index contributed by atoms with van der Waals surface area (Å²) in [5, 5.41) is 4.99. The number of benzene rings is 2. The van der Waals surface area contributed by atoms with Gasteiger partial charge in [-0.15, -0.1) is 11.3 Å². The van der Waals surface area contributed by atoms with Crippen molar-refractivity contribution in [3.8, 4) is 11.5 Å². The number of carbonyl (C=O) groups is 3. The van der Waals surface area contributed by atoms with Crippen LogP contribution in [-0.4, -0.2) is 83.0 Å². The summed E-state index contributed by atoms with van der Waals surface area (Å²) in [6.45, 7) is 9.55.